The van der Waals surface area contributed by atoms with Crippen LogP contribution in [-0.2, 0) is 33.3 Å². The van der Waals surface area contributed by atoms with Crippen LogP contribution in [0.2, 0.25) is 0 Å². The van der Waals surface area contributed by atoms with E-state index in [1.807, 2.05) is 53.7 Å². The van der Waals surface area contributed by atoms with Gasteiger partial charge in [-0.15, -0.1) is 0 Å². The van der Waals surface area contributed by atoms with Crippen molar-refractivity contribution in [3.05, 3.63) is 60.4 Å². The predicted octanol–water partition coefficient (Wildman–Crippen LogP) is 7.11. The number of rotatable bonds is 15. The number of aliphatic hydroxyl groups excluding tert-OH is 4. The van der Waals surface area contributed by atoms with Crippen LogP contribution in [0.1, 0.15) is 114 Å². The second kappa shape index (κ2) is 29.2. The largest absolute Gasteiger partial charge is 0.462 e. The van der Waals surface area contributed by atoms with Crippen LogP contribution in [0.3, 0.4) is 0 Å². The van der Waals surface area contributed by atoms with Crippen LogP contribution in [0, 0.1) is 41.4 Å². The van der Waals surface area contributed by atoms with E-state index in [4.69, 9.17) is 18.9 Å². The van der Waals surface area contributed by atoms with Gasteiger partial charge in [0, 0.05) is 70.6 Å². The quantitative estimate of drug-likeness (QED) is 0.0752. The molecule has 0 saturated carbocycles. The normalized spacial score (nSPS) is 32.0. The average Bonchev–Trinajstić information content (AvgIpc) is 3.22. The van der Waals surface area contributed by atoms with Crippen molar-refractivity contribution < 1.29 is 53.8 Å². The fourth-order valence-corrected chi connectivity index (χ4v) is 7.82. The van der Waals surface area contributed by atoms with Gasteiger partial charge >= 0.3 is 11.9 Å². The predicted molar refractivity (Wildman–Crippen MR) is 236 cm³/mol. The average molecular weight is 848 g/mol. The van der Waals surface area contributed by atoms with Gasteiger partial charge < -0.3 is 44.3 Å². The van der Waals surface area contributed by atoms with E-state index in [-0.39, 0.29) is 35.9 Å². The maximum atomic E-state index is 13.2. The molecule has 344 valence electrons. The molecular weight excluding hydrogens is 767 g/mol. The van der Waals surface area contributed by atoms with E-state index in [1.165, 1.54) is 17.9 Å². The summed E-state index contributed by atoms with van der Waals surface area (Å²) in [6.07, 6.45) is 16.2. The number of cyclic esters (lactones) is 1. The first kappa shape index (κ1) is 54.9. The van der Waals surface area contributed by atoms with Crippen molar-refractivity contribution in [2.24, 2.45) is 41.4 Å². The summed E-state index contributed by atoms with van der Waals surface area (Å²) in [7, 11) is 4.98. The third-order valence-corrected chi connectivity index (χ3v) is 12.4. The van der Waals surface area contributed by atoms with Gasteiger partial charge in [0.1, 0.15) is 12.2 Å². The van der Waals surface area contributed by atoms with Gasteiger partial charge in [0.25, 0.3) is 0 Å². The zero-order valence-corrected chi connectivity index (χ0v) is 38.7. The smallest absolute Gasteiger partial charge is 0.331 e. The third-order valence-electron chi connectivity index (χ3n) is 12.4. The minimum atomic E-state index is -0.884. The second-order valence-corrected chi connectivity index (χ2v) is 17.5. The maximum absolute atomic E-state index is 13.2. The fraction of sp³-hybridized carbons (Fsp3) is 0.729. The Morgan fingerprint density at radius 2 is 1.67 bits per heavy atom. The van der Waals surface area contributed by atoms with Crippen molar-refractivity contribution in [1.82, 2.24) is 4.90 Å². The number of nitrogens with zero attached hydrogens (tertiary/aromatic N) is 1. The maximum Gasteiger partial charge on any atom is 0.331 e. The Labute approximate surface area is 361 Å². The zero-order valence-electron chi connectivity index (χ0n) is 38.7. The lowest BCUT2D eigenvalue weighted by Gasteiger charge is -2.33. The summed E-state index contributed by atoms with van der Waals surface area (Å²) in [4.78, 5) is 37.5. The minimum absolute atomic E-state index is 0.0446. The molecule has 1 aliphatic heterocycles. The monoisotopic (exact) mass is 848 g/mol. The van der Waals surface area contributed by atoms with Crippen LogP contribution >= 0.6 is 0 Å². The first-order valence-corrected chi connectivity index (χ1v) is 21.9. The molecule has 1 amide bonds. The standard InChI is InChI=1S/C48H81NO11/c1-31-21-22-32(2)43(58-12)26-24-34(4)46(55)36(6)41(52)18-14-13-15-20-45(54)60-44(19-16-17-40(29-31)57-11)38(8)47(56)33(3)23-25-42(53)37(7)48(59-39(9)51)35(5)27-28-49(10)30-50/h13-17,20,22,27-28,30-31,33-38,40-44,46-48,52-53,55-56H,18-19,21,23-26,29H2,1-12H3/b14-13+,17-16+,20-15+,28-27+,32-22+/t31-,33+,34-,35-,36+,37+,38-,40+,41-,42-,43+,44+,46-,47+,48-/m1/s1. The second-order valence-electron chi connectivity index (χ2n) is 17.5. The third kappa shape index (κ3) is 20.2. The molecule has 0 spiro atoms. The number of methoxy groups -OCH3 is 2. The molecule has 12 heteroatoms. The van der Waals surface area contributed by atoms with E-state index in [0.717, 1.165) is 31.3 Å². The van der Waals surface area contributed by atoms with Crippen LogP contribution in [0.15, 0.2) is 60.4 Å². The van der Waals surface area contributed by atoms with E-state index in [2.05, 4.69) is 19.9 Å². The van der Waals surface area contributed by atoms with Crippen LogP contribution in [0.4, 0.5) is 0 Å². The number of ether oxygens (including phenoxy) is 4. The lowest BCUT2D eigenvalue weighted by atomic mass is 9.82. The highest BCUT2D eigenvalue weighted by atomic mass is 16.5. The Kier molecular flexibility index (Phi) is 26.7. The van der Waals surface area contributed by atoms with Crippen molar-refractivity contribution >= 4 is 18.3 Å². The number of hydrogen-bond donors (Lipinski definition) is 4. The fourth-order valence-electron chi connectivity index (χ4n) is 7.82. The SMILES string of the molecule is CO[C@H]1CC[C@@H](C)[C@@H](O)[C@@H](C)[C@H](O)C/C=C/C=C/C(=O)O[C@H]([C@@H](C)[C@@H](O)[C@@H](C)CC[C@@H](O)[C@H](C)[C@H](OC(C)=O)[C@H](C)/C=C/N(C)C=O)C/C=C/[C@H](OC)C[C@H](C)C/C=C/1C. The molecule has 1 heterocycles. The molecule has 0 bridgehead atoms. The Bertz CT molecular complexity index is 1390. The summed E-state index contributed by atoms with van der Waals surface area (Å²) in [5.41, 5.74) is 1.14. The van der Waals surface area contributed by atoms with Crippen molar-refractivity contribution in [2.75, 3.05) is 21.3 Å². The molecule has 60 heavy (non-hydrogen) atoms. The van der Waals surface area contributed by atoms with Crippen LogP contribution in [0.25, 0.3) is 0 Å². The van der Waals surface area contributed by atoms with Crippen molar-refractivity contribution in [1.29, 1.82) is 0 Å². The highest BCUT2D eigenvalue weighted by molar-refractivity contribution is 5.82. The summed E-state index contributed by atoms with van der Waals surface area (Å²) >= 11 is 0. The van der Waals surface area contributed by atoms with Gasteiger partial charge in [-0.25, -0.2) is 4.79 Å². The zero-order chi connectivity index (χ0) is 45.5. The van der Waals surface area contributed by atoms with Crippen LogP contribution in [-0.4, -0.2) is 114 Å². The molecule has 0 unspecified atom stereocenters. The van der Waals surface area contributed by atoms with Crippen molar-refractivity contribution in [3.63, 3.8) is 0 Å². The summed E-state index contributed by atoms with van der Waals surface area (Å²) in [5, 5.41) is 44.8. The molecule has 0 aromatic carbocycles. The molecular formula is C48H81NO11. The minimum Gasteiger partial charge on any atom is -0.462 e. The number of amides is 1. The molecule has 12 nitrogen and oxygen atoms in total. The molecule has 0 saturated heterocycles. The van der Waals surface area contributed by atoms with Gasteiger partial charge in [-0.2, -0.15) is 0 Å². The summed E-state index contributed by atoms with van der Waals surface area (Å²) in [6.45, 7) is 16.8. The molecule has 1 aliphatic rings. The molecule has 0 fully saturated rings. The summed E-state index contributed by atoms with van der Waals surface area (Å²) in [6, 6.07) is 0. The van der Waals surface area contributed by atoms with Gasteiger partial charge in [0.15, 0.2) is 0 Å². The van der Waals surface area contributed by atoms with E-state index >= 15 is 0 Å². The highest BCUT2D eigenvalue weighted by Crippen LogP contribution is 2.30. The number of allylic oxidation sites excluding steroid dienone is 3. The van der Waals surface area contributed by atoms with Crippen LogP contribution in [0.5, 0.6) is 0 Å². The number of hydrogen-bond acceptors (Lipinski definition) is 11. The summed E-state index contributed by atoms with van der Waals surface area (Å²) < 4.78 is 23.2. The Morgan fingerprint density at radius 3 is 2.28 bits per heavy atom. The molecule has 15 atom stereocenters. The van der Waals surface area contributed by atoms with Crippen molar-refractivity contribution in [3.8, 4) is 0 Å². The van der Waals surface area contributed by atoms with E-state index in [0.29, 0.717) is 38.0 Å². The number of aliphatic hydroxyl groups is 4. The lowest BCUT2D eigenvalue weighted by molar-refractivity contribution is -0.153. The molecule has 0 aliphatic carbocycles. The van der Waals surface area contributed by atoms with Gasteiger partial charge in [-0.05, 0) is 75.2 Å². The molecule has 0 radical (unpaired) electrons. The lowest BCUT2D eigenvalue weighted by Crippen LogP contribution is -2.39. The van der Waals surface area contributed by atoms with Crippen molar-refractivity contribution in [2.45, 2.75) is 163 Å². The topological polar surface area (TPSA) is 172 Å². The summed E-state index contributed by atoms with van der Waals surface area (Å²) in [5.74, 6) is -2.65. The first-order chi connectivity index (χ1) is 28.3. The number of carbonyl (C=O) groups is 3. The van der Waals surface area contributed by atoms with E-state index in [1.54, 1.807) is 51.8 Å². The molecule has 1 rings (SSSR count). The van der Waals surface area contributed by atoms with E-state index in [9.17, 15) is 34.8 Å². The Morgan fingerprint density at radius 1 is 0.983 bits per heavy atom. The molecule has 0 aromatic heterocycles. The Balaban J connectivity index is 3.27. The van der Waals surface area contributed by atoms with Gasteiger partial charge in [-0.3, -0.25) is 9.59 Å². The highest BCUT2D eigenvalue weighted by Gasteiger charge is 2.34. The van der Waals surface area contributed by atoms with Gasteiger partial charge in [0.05, 0.1) is 36.6 Å². The molecule has 0 aromatic rings. The van der Waals surface area contributed by atoms with Gasteiger partial charge in [0.2, 0.25) is 6.41 Å². The van der Waals surface area contributed by atoms with Crippen LogP contribution < -0.4 is 0 Å². The van der Waals surface area contributed by atoms with E-state index < -0.39 is 60.4 Å². The Hall–Kier alpha value is -3.13. The number of esters is 2. The van der Waals surface area contributed by atoms with Gasteiger partial charge in [-0.1, -0.05) is 91.0 Å². The number of carbonyl (C=O) groups excluding carboxylic acids is 3. The first-order valence-electron chi connectivity index (χ1n) is 21.9. The molecule has 4 N–H and O–H groups in total.